The molecule has 4 aromatic heterocycles. The highest BCUT2D eigenvalue weighted by molar-refractivity contribution is 7.13. The number of rotatable bonds is 22. The van der Waals surface area contributed by atoms with Crippen LogP contribution in [-0.2, 0) is 25.7 Å². The molecule has 2 atom stereocenters. The molecule has 76 heavy (non-hydrogen) atoms. The Hall–Kier alpha value is -7.02. The van der Waals surface area contributed by atoms with Crippen LogP contribution in [0.2, 0.25) is 0 Å². The minimum absolute atomic E-state index is 0.0899. The number of aromatic nitrogens is 6. The Bertz CT molecular complexity index is 2990. The van der Waals surface area contributed by atoms with Gasteiger partial charge in [-0.25, -0.2) is 19.3 Å². The number of H-pyrrole nitrogens is 1. The summed E-state index contributed by atoms with van der Waals surface area (Å²) in [6, 6.07) is 11.2. The fraction of sp³-hybridized carbons (Fsp3) is 0.491. The maximum Gasteiger partial charge on any atom is 0.254 e. The summed E-state index contributed by atoms with van der Waals surface area (Å²) in [7, 11) is 0. The number of thiazole rings is 1. The normalized spacial score (nSPS) is 16.3. The molecule has 17 nitrogen and oxygen atoms in total. The van der Waals surface area contributed by atoms with Crippen LogP contribution in [0.25, 0.3) is 27.3 Å². The highest BCUT2D eigenvalue weighted by Gasteiger charge is 2.42. The first-order chi connectivity index (χ1) is 36.7. The average Bonchev–Trinajstić information content (AvgIpc) is 3.81. The van der Waals surface area contributed by atoms with Crippen LogP contribution in [0, 0.1) is 18.2 Å². The molecule has 1 saturated carbocycles. The van der Waals surface area contributed by atoms with E-state index in [1.807, 2.05) is 73.0 Å². The molecular weight excluding hydrogens is 984 g/mol. The Kier molecular flexibility index (Phi) is 17.2. The van der Waals surface area contributed by atoms with Crippen LogP contribution >= 0.6 is 11.3 Å². The zero-order valence-corrected chi connectivity index (χ0v) is 45.0. The Morgan fingerprint density at radius 2 is 1.54 bits per heavy atom. The molecule has 0 spiro atoms. The van der Waals surface area contributed by atoms with Crippen molar-refractivity contribution < 1.29 is 28.4 Å². The van der Waals surface area contributed by atoms with Crippen molar-refractivity contribution in [3.63, 3.8) is 0 Å². The number of nitrogens with one attached hydrogen (secondary N) is 4. The lowest BCUT2D eigenvalue weighted by atomic mass is 9.85. The highest BCUT2D eigenvalue weighted by Crippen LogP contribution is 2.41. The molecule has 3 fully saturated rings. The molecule has 6 heterocycles. The second-order valence-electron chi connectivity index (χ2n) is 21.7. The quantitative estimate of drug-likeness (QED) is 0.0475. The van der Waals surface area contributed by atoms with Gasteiger partial charge in [-0.2, -0.15) is 5.10 Å². The van der Waals surface area contributed by atoms with Crippen molar-refractivity contribution in [2.24, 2.45) is 5.41 Å². The first-order valence-electron chi connectivity index (χ1n) is 27.1. The van der Waals surface area contributed by atoms with Crippen LogP contribution in [0.1, 0.15) is 144 Å². The number of aromatic amines is 1. The van der Waals surface area contributed by atoms with Crippen molar-refractivity contribution in [3.05, 3.63) is 101 Å². The maximum absolute atomic E-state index is 15.7. The summed E-state index contributed by atoms with van der Waals surface area (Å²) < 4.78 is 17.6. The van der Waals surface area contributed by atoms with E-state index >= 15 is 4.39 Å². The number of benzene rings is 2. The van der Waals surface area contributed by atoms with Crippen molar-refractivity contribution in [1.82, 2.24) is 54.9 Å². The standard InChI is InChI=1S/C57H71FN12O5S/c1-37-50(76-36-61-37)40-19-17-38(18-20-40)31-60-54(73)46-14-13-25-69(46)56(75)51(57(2,3)4)66-48(71)15-11-9-7-5-6-8-10-12-16-49(72)67-26-28-68(29-27-67)55(74)41-23-24-44(43(58)30-41)64-52-53-59-34-47(42-32-62-63-33-42)70(53)35-45(65-52)39-21-22-39/h17-20,23-24,30,32-36,39,46,51H,5-16,21-22,25-29,31H2,1-4H3,(H,60,73)(H,62,63)(H,64,65)(H,66,71)/t46-,51+/m0/s1. The second kappa shape index (κ2) is 24.3. The lowest BCUT2D eigenvalue weighted by Crippen LogP contribution is -2.57. The van der Waals surface area contributed by atoms with E-state index in [2.05, 4.69) is 36.1 Å². The largest absolute Gasteiger partial charge is 0.350 e. The maximum atomic E-state index is 15.7. The molecule has 2 saturated heterocycles. The predicted octanol–water partition coefficient (Wildman–Crippen LogP) is 9.34. The van der Waals surface area contributed by atoms with Gasteiger partial charge in [0.05, 0.1) is 45.6 Å². The number of piperazine rings is 1. The number of hydrogen-bond donors (Lipinski definition) is 4. The van der Waals surface area contributed by atoms with Gasteiger partial charge in [0.25, 0.3) is 5.91 Å². The Balaban J connectivity index is 0.631. The molecule has 6 aromatic rings. The van der Waals surface area contributed by atoms with Crippen LogP contribution in [0.3, 0.4) is 0 Å². The number of halogens is 1. The van der Waals surface area contributed by atoms with Gasteiger partial charge in [0.15, 0.2) is 11.5 Å². The number of nitrogens with zero attached hydrogens (tertiary/aromatic N) is 8. The smallest absolute Gasteiger partial charge is 0.254 e. The first kappa shape index (κ1) is 53.8. The zero-order chi connectivity index (χ0) is 53.3. The van der Waals surface area contributed by atoms with Crippen LogP contribution in [0.5, 0.6) is 0 Å². The third-order valence-corrected chi connectivity index (χ3v) is 15.9. The third kappa shape index (κ3) is 13.1. The van der Waals surface area contributed by atoms with Crippen LogP contribution in [0.15, 0.2) is 72.8 Å². The van der Waals surface area contributed by atoms with Crippen LogP contribution < -0.4 is 16.0 Å². The molecule has 0 radical (unpaired) electrons. The van der Waals surface area contributed by atoms with Gasteiger partial charge < -0.3 is 30.7 Å². The molecule has 9 rings (SSSR count). The van der Waals surface area contributed by atoms with E-state index < -0.39 is 23.3 Å². The van der Waals surface area contributed by atoms with Gasteiger partial charge >= 0.3 is 0 Å². The average molecular weight is 1060 g/mol. The summed E-state index contributed by atoms with van der Waals surface area (Å²) in [4.78, 5) is 87.3. The number of unbranched alkanes of at least 4 members (excludes halogenated alkanes) is 7. The fourth-order valence-corrected chi connectivity index (χ4v) is 11.1. The number of carbonyl (C=O) groups excluding carboxylic acids is 5. The molecule has 1 aliphatic carbocycles. The van der Waals surface area contributed by atoms with E-state index in [4.69, 9.17) is 4.98 Å². The van der Waals surface area contributed by atoms with E-state index in [9.17, 15) is 24.0 Å². The predicted molar refractivity (Wildman–Crippen MR) is 291 cm³/mol. The number of fused-ring (bicyclic) bond motifs is 1. The van der Waals surface area contributed by atoms with Gasteiger partial charge in [-0.15, -0.1) is 11.3 Å². The molecule has 4 N–H and O–H groups in total. The van der Waals surface area contributed by atoms with Gasteiger partial charge in [-0.05, 0) is 80.2 Å². The molecule has 0 unspecified atom stereocenters. The lowest BCUT2D eigenvalue weighted by Gasteiger charge is -2.35. The van der Waals surface area contributed by atoms with Crippen molar-refractivity contribution in [2.75, 3.05) is 38.0 Å². The Morgan fingerprint density at radius 3 is 2.20 bits per heavy atom. The highest BCUT2D eigenvalue weighted by atomic mass is 32.1. The van der Waals surface area contributed by atoms with Gasteiger partial charge in [0.1, 0.15) is 17.9 Å². The van der Waals surface area contributed by atoms with E-state index in [0.29, 0.717) is 75.9 Å². The van der Waals surface area contributed by atoms with E-state index in [1.165, 1.54) is 6.07 Å². The summed E-state index contributed by atoms with van der Waals surface area (Å²) in [6.07, 6.45) is 19.0. The van der Waals surface area contributed by atoms with Crippen molar-refractivity contribution in [1.29, 1.82) is 0 Å². The molecule has 2 aliphatic heterocycles. The molecule has 3 aliphatic rings. The van der Waals surface area contributed by atoms with Gasteiger partial charge in [0.2, 0.25) is 23.6 Å². The SMILES string of the molecule is Cc1ncsc1-c1ccc(CNC(=O)[C@@H]2CCCN2C(=O)[C@@H](NC(=O)CCCCCCCCCCC(=O)N2CCN(C(=O)c3ccc(Nc4nc(C5CC5)cn5c(-c6cn[nH]c6)cnc45)c(F)c3)CC2)C(C)(C)C)cc1. The fourth-order valence-electron chi connectivity index (χ4n) is 10.3. The van der Waals surface area contributed by atoms with Crippen molar-refractivity contribution in [3.8, 4) is 21.7 Å². The van der Waals surface area contributed by atoms with Crippen LogP contribution in [-0.4, -0.2) is 119 Å². The second-order valence-corrected chi connectivity index (χ2v) is 22.5. The Labute approximate surface area is 447 Å². The molecule has 19 heteroatoms. The number of amides is 5. The molecular formula is C57H71FN12O5S. The van der Waals surface area contributed by atoms with Crippen LogP contribution in [0.4, 0.5) is 15.9 Å². The number of anilines is 2. The van der Waals surface area contributed by atoms with Gasteiger partial charge in [-0.1, -0.05) is 83.6 Å². The van der Waals surface area contributed by atoms with Crippen molar-refractivity contribution in [2.45, 2.75) is 142 Å². The molecule has 0 bridgehead atoms. The van der Waals surface area contributed by atoms with E-state index in [-0.39, 0.29) is 40.8 Å². The minimum atomic E-state index is -0.749. The number of imidazole rings is 1. The minimum Gasteiger partial charge on any atom is -0.350 e. The summed E-state index contributed by atoms with van der Waals surface area (Å²) in [5.74, 6) is -0.534. The van der Waals surface area contributed by atoms with E-state index in [0.717, 1.165) is 109 Å². The monoisotopic (exact) mass is 1050 g/mol. The molecule has 5 amide bonds. The number of carbonyl (C=O) groups is 5. The van der Waals surface area contributed by atoms with Crippen molar-refractivity contribution >= 4 is 58.0 Å². The molecule has 402 valence electrons. The van der Waals surface area contributed by atoms with Gasteiger partial charge in [-0.3, -0.25) is 33.5 Å². The zero-order valence-electron chi connectivity index (χ0n) is 44.2. The summed E-state index contributed by atoms with van der Waals surface area (Å²) in [5.41, 5.74) is 7.95. The number of aryl methyl sites for hydroxylation is 1. The van der Waals surface area contributed by atoms with Gasteiger partial charge in [0, 0.05) is 81.5 Å². The topological polar surface area (TPSA) is 203 Å². The summed E-state index contributed by atoms with van der Waals surface area (Å²) >= 11 is 1.60. The number of likely N-dealkylation sites (tertiary alicyclic amines) is 1. The Morgan fingerprint density at radius 1 is 0.829 bits per heavy atom. The lowest BCUT2D eigenvalue weighted by molar-refractivity contribution is -0.143. The first-order valence-corrected chi connectivity index (χ1v) is 28.0. The van der Waals surface area contributed by atoms with E-state index in [1.54, 1.807) is 51.9 Å². The summed E-state index contributed by atoms with van der Waals surface area (Å²) in [6.45, 7) is 10.3. The summed E-state index contributed by atoms with van der Waals surface area (Å²) in [5, 5.41) is 16.1. The third-order valence-electron chi connectivity index (χ3n) is 14.9. The number of hydrogen-bond acceptors (Lipinski definition) is 11. The molecule has 2 aromatic carbocycles.